The first-order valence-electron chi connectivity index (χ1n) is 10.9. The molecule has 1 spiro atoms. The summed E-state index contributed by atoms with van der Waals surface area (Å²) in [4.78, 5) is 28.6. The fraction of sp³-hybridized carbons (Fsp3) is 0.231. The van der Waals surface area contributed by atoms with E-state index in [4.69, 9.17) is 9.84 Å². The number of aliphatic carboxylic acids is 1. The number of thiazole rings is 1. The molecule has 1 aliphatic heterocycles. The molecular formula is C26H21N3O4S. The highest BCUT2D eigenvalue weighted by Gasteiger charge is 2.61. The van der Waals surface area contributed by atoms with Crippen LogP contribution in [0.2, 0.25) is 0 Å². The first-order chi connectivity index (χ1) is 16.5. The van der Waals surface area contributed by atoms with Crippen LogP contribution in [0.5, 0.6) is 5.75 Å². The summed E-state index contributed by atoms with van der Waals surface area (Å²) in [6.07, 6.45) is 6.18. The fourth-order valence-electron chi connectivity index (χ4n) is 4.69. The van der Waals surface area contributed by atoms with E-state index in [1.807, 2.05) is 17.5 Å². The van der Waals surface area contributed by atoms with E-state index in [9.17, 15) is 14.9 Å². The smallest absolute Gasteiger partial charge is 0.327 e. The van der Waals surface area contributed by atoms with Gasteiger partial charge in [-0.1, -0.05) is 12.1 Å². The van der Waals surface area contributed by atoms with Gasteiger partial charge in [0, 0.05) is 45.8 Å². The highest BCUT2D eigenvalue weighted by atomic mass is 32.1. The standard InChI is InChI=1S/C26H21N3O4S/c27-15-16-4-5-17(2-1-3-23(30)31)21(12-16)29-24(32)20-14-26(20)8-10-33-22-7-6-18(13-19(22)26)25-28-9-11-34-25/h1,3-7,9,11-13,20H,2,8,10,14H2,(H,29,32)(H,30,31)/t20-,26-/m0/s1. The van der Waals surface area contributed by atoms with Crippen LogP contribution in [0.1, 0.15) is 29.5 Å². The molecule has 34 heavy (non-hydrogen) atoms. The van der Waals surface area contributed by atoms with Crippen molar-refractivity contribution in [1.29, 1.82) is 5.26 Å². The van der Waals surface area contributed by atoms with Gasteiger partial charge < -0.3 is 15.2 Å². The Bertz CT molecular complexity index is 1340. The molecule has 2 aromatic carbocycles. The number of carboxylic acid groups (broad SMARTS) is 1. The lowest BCUT2D eigenvalue weighted by Gasteiger charge is -2.27. The van der Waals surface area contributed by atoms with Crippen LogP contribution in [0.25, 0.3) is 10.6 Å². The topological polar surface area (TPSA) is 112 Å². The van der Waals surface area contributed by atoms with Crippen LogP contribution in [-0.4, -0.2) is 28.6 Å². The number of aromatic nitrogens is 1. The van der Waals surface area contributed by atoms with Crippen LogP contribution in [0.4, 0.5) is 5.69 Å². The molecule has 7 nitrogen and oxygen atoms in total. The maximum absolute atomic E-state index is 13.3. The molecule has 0 radical (unpaired) electrons. The predicted molar refractivity (Wildman–Crippen MR) is 128 cm³/mol. The van der Waals surface area contributed by atoms with Gasteiger partial charge in [0.25, 0.3) is 0 Å². The maximum atomic E-state index is 13.3. The average molecular weight is 472 g/mol. The lowest BCUT2D eigenvalue weighted by molar-refractivity contribution is -0.131. The minimum atomic E-state index is -1.03. The number of anilines is 1. The number of fused-ring (bicyclic) bond motifs is 2. The zero-order chi connectivity index (χ0) is 23.7. The fourth-order valence-corrected chi connectivity index (χ4v) is 5.33. The van der Waals surface area contributed by atoms with E-state index in [0.29, 0.717) is 24.3 Å². The largest absolute Gasteiger partial charge is 0.493 e. The highest BCUT2D eigenvalue weighted by Crippen LogP contribution is 2.61. The van der Waals surface area contributed by atoms with Gasteiger partial charge in [0.2, 0.25) is 5.91 Å². The Morgan fingerprint density at radius 3 is 2.97 bits per heavy atom. The van der Waals surface area contributed by atoms with Crippen molar-refractivity contribution >= 4 is 28.9 Å². The molecule has 0 saturated heterocycles. The van der Waals surface area contributed by atoms with Crippen molar-refractivity contribution < 1.29 is 19.4 Å². The second-order valence-electron chi connectivity index (χ2n) is 8.48. The number of nitriles is 1. The number of nitrogens with zero attached hydrogens (tertiary/aromatic N) is 2. The molecule has 0 unspecified atom stereocenters. The van der Waals surface area contributed by atoms with Crippen molar-refractivity contribution in [2.45, 2.75) is 24.7 Å². The van der Waals surface area contributed by atoms with Gasteiger partial charge >= 0.3 is 5.97 Å². The molecule has 2 aliphatic rings. The van der Waals surface area contributed by atoms with Gasteiger partial charge in [-0.25, -0.2) is 9.78 Å². The van der Waals surface area contributed by atoms with Crippen molar-refractivity contribution in [3.05, 3.63) is 76.8 Å². The van der Waals surface area contributed by atoms with Gasteiger partial charge in [0.05, 0.1) is 18.2 Å². The maximum Gasteiger partial charge on any atom is 0.327 e. The molecule has 1 amide bonds. The molecule has 1 fully saturated rings. The van der Waals surface area contributed by atoms with Crippen LogP contribution in [0.3, 0.4) is 0 Å². The van der Waals surface area contributed by atoms with Crippen molar-refractivity contribution in [2.24, 2.45) is 5.92 Å². The first-order valence-corrected chi connectivity index (χ1v) is 11.8. The number of hydrogen-bond acceptors (Lipinski definition) is 6. The average Bonchev–Trinajstić information content (AvgIpc) is 3.28. The third kappa shape index (κ3) is 4.06. The Hall–Kier alpha value is -3.96. The lowest BCUT2D eigenvalue weighted by atomic mass is 9.86. The number of carboxylic acids is 1. The van der Waals surface area contributed by atoms with Gasteiger partial charge in [0.15, 0.2) is 0 Å². The molecule has 8 heteroatoms. The molecule has 1 aliphatic carbocycles. The zero-order valence-electron chi connectivity index (χ0n) is 18.2. The van der Waals surface area contributed by atoms with E-state index in [1.165, 1.54) is 6.08 Å². The Morgan fingerprint density at radius 1 is 1.32 bits per heavy atom. The molecular weight excluding hydrogens is 450 g/mol. The molecule has 2 N–H and O–H groups in total. The molecule has 170 valence electrons. The number of hydrogen-bond donors (Lipinski definition) is 2. The van der Waals surface area contributed by atoms with Crippen molar-refractivity contribution in [2.75, 3.05) is 11.9 Å². The summed E-state index contributed by atoms with van der Waals surface area (Å²) in [6.45, 7) is 0.558. The number of rotatable bonds is 6. The van der Waals surface area contributed by atoms with Gasteiger partial charge in [-0.3, -0.25) is 4.79 Å². The highest BCUT2D eigenvalue weighted by molar-refractivity contribution is 7.13. The molecule has 5 rings (SSSR count). The van der Waals surface area contributed by atoms with E-state index in [0.717, 1.165) is 46.4 Å². The number of ether oxygens (including phenoxy) is 1. The quantitative estimate of drug-likeness (QED) is 0.510. The van der Waals surface area contributed by atoms with E-state index >= 15 is 0 Å². The minimum absolute atomic E-state index is 0.106. The summed E-state index contributed by atoms with van der Waals surface area (Å²) < 4.78 is 5.89. The van der Waals surface area contributed by atoms with Crippen LogP contribution < -0.4 is 10.1 Å². The summed E-state index contributed by atoms with van der Waals surface area (Å²) in [5.41, 5.74) is 3.49. The van der Waals surface area contributed by atoms with E-state index in [1.54, 1.807) is 35.7 Å². The van der Waals surface area contributed by atoms with Gasteiger partial charge in [-0.2, -0.15) is 5.26 Å². The molecule has 2 atom stereocenters. The number of carbonyl (C=O) groups is 2. The van der Waals surface area contributed by atoms with Crippen LogP contribution >= 0.6 is 11.3 Å². The Labute approximate surface area is 200 Å². The molecule has 1 saturated carbocycles. The Morgan fingerprint density at radius 2 is 2.21 bits per heavy atom. The van der Waals surface area contributed by atoms with Crippen molar-refractivity contribution in [1.82, 2.24) is 4.98 Å². The number of allylic oxidation sites excluding steroid dienone is 1. The monoisotopic (exact) mass is 471 g/mol. The number of carbonyl (C=O) groups excluding carboxylic acids is 1. The zero-order valence-corrected chi connectivity index (χ0v) is 19.0. The summed E-state index contributed by atoms with van der Waals surface area (Å²) in [5.74, 6) is -0.539. The molecule has 1 aromatic heterocycles. The van der Waals surface area contributed by atoms with Crippen LogP contribution in [-0.2, 0) is 21.4 Å². The number of amides is 1. The Kier molecular flexibility index (Phi) is 5.64. The molecule has 0 bridgehead atoms. The van der Waals surface area contributed by atoms with Gasteiger partial charge in [0.1, 0.15) is 10.8 Å². The van der Waals surface area contributed by atoms with Crippen LogP contribution in [0, 0.1) is 17.2 Å². The third-order valence-corrected chi connectivity index (χ3v) is 7.31. The van der Waals surface area contributed by atoms with E-state index in [-0.39, 0.29) is 17.2 Å². The normalized spacial score (nSPS) is 20.4. The number of nitrogens with one attached hydrogen (secondary N) is 1. The molecule has 3 aromatic rings. The van der Waals surface area contributed by atoms with Gasteiger partial charge in [-0.15, -0.1) is 11.3 Å². The second kappa shape index (κ2) is 8.76. The SMILES string of the molecule is N#Cc1ccc(CC=CC(=O)O)c(NC(=O)[C@@H]2C[C@]23CCOc2ccc(-c4nccs4)cc23)c1. The van der Waals surface area contributed by atoms with E-state index < -0.39 is 5.97 Å². The number of benzene rings is 2. The lowest BCUT2D eigenvalue weighted by Crippen LogP contribution is -2.27. The van der Waals surface area contributed by atoms with Crippen molar-refractivity contribution in [3.8, 4) is 22.4 Å². The van der Waals surface area contributed by atoms with Gasteiger partial charge in [-0.05, 0) is 55.2 Å². The predicted octanol–water partition coefficient (Wildman–Crippen LogP) is 4.54. The second-order valence-corrected chi connectivity index (χ2v) is 9.37. The van der Waals surface area contributed by atoms with Crippen LogP contribution in [0.15, 0.2) is 60.1 Å². The molecule has 2 heterocycles. The van der Waals surface area contributed by atoms with Crippen molar-refractivity contribution in [3.63, 3.8) is 0 Å². The minimum Gasteiger partial charge on any atom is -0.493 e. The summed E-state index contributed by atoms with van der Waals surface area (Å²) >= 11 is 1.57. The Balaban J connectivity index is 1.40. The first kappa shape index (κ1) is 21.9. The summed E-state index contributed by atoms with van der Waals surface area (Å²) in [7, 11) is 0. The van der Waals surface area contributed by atoms with E-state index in [2.05, 4.69) is 22.4 Å². The summed E-state index contributed by atoms with van der Waals surface area (Å²) in [6, 6.07) is 13.2. The third-order valence-electron chi connectivity index (χ3n) is 6.49. The summed E-state index contributed by atoms with van der Waals surface area (Å²) in [5, 5.41) is 24.0.